The lowest BCUT2D eigenvalue weighted by Gasteiger charge is -2.13. The maximum absolute atomic E-state index is 12.7. The van der Waals surface area contributed by atoms with Gasteiger partial charge in [-0.2, -0.15) is 26.3 Å². The van der Waals surface area contributed by atoms with Crippen molar-refractivity contribution in [3.8, 4) is 11.5 Å². The molecular weight excluding hydrogens is 298 g/mol. The minimum Gasteiger partial charge on any atom is -0.457 e. The van der Waals surface area contributed by atoms with Gasteiger partial charge in [-0.25, -0.2) is 0 Å². The van der Waals surface area contributed by atoms with Crippen molar-refractivity contribution in [3.63, 3.8) is 0 Å². The van der Waals surface area contributed by atoms with Crippen LogP contribution >= 0.6 is 0 Å². The Morgan fingerprint density at radius 3 is 1.95 bits per heavy atom. The Balaban J connectivity index is 2.27. The first-order valence-electron chi connectivity index (χ1n) is 5.60. The van der Waals surface area contributed by atoms with Gasteiger partial charge in [0.1, 0.15) is 11.5 Å². The van der Waals surface area contributed by atoms with E-state index in [-0.39, 0.29) is 5.75 Å². The Morgan fingerprint density at radius 1 is 0.810 bits per heavy atom. The average molecular weight is 305 g/mol. The molecule has 2 aromatic rings. The summed E-state index contributed by atoms with van der Waals surface area (Å²) in [6.07, 6.45) is -9.16. The molecule has 0 saturated carbocycles. The fourth-order valence-corrected chi connectivity index (χ4v) is 1.57. The van der Waals surface area contributed by atoms with Gasteiger partial charge in [-0.1, -0.05) is 6.07 Å². The molecule has 21 heavy (non-hydrogen) atoms. The Labute approximate surface area is 115 Å². The maximum atomic E-state index is 12.7. The highest BCUT2D eigenvalue weighted by atomic mass is 19.4. The summed E-state index contributed by atoms with van der Waals surface area (Å²) >= 11 is 0. The molecule has 111 valence electrons. The fourth-order valence-electron chi connectivity index (χ4n) is 1.57. The van der Waals surface area contributed by atoms with Crippen molar-refractivity contribution in [2.45, 2.75) is 12.4 Å². The van der Waals surface area contributed by atoms with Gasteiger partial charge in [0, 0.05) is 0 Å². The molecule has 0 aliphatic rings. The van der Waals surface area contributed by atoms with Crippen LogP contribution in [0.2, 0.25) is 0 Å². The highest BCUT2D eigenvalue weighted by molar-refractivity contribution is 5.40. The second-order valence-corrected chi connectivity index (χ2v) is 4.04. The van der Waals surface area contributed by atoms with E-state index in [1.807, 2.05) is 0 Å². The van der Waals surface area contributed by atoms with E-state index >= 15 is 0 Å². The summed E-state index contributed by atoms with van der Waals surface area (Å²) < 4.78 is 80.3. The smallest absolute Gasteiger partial charge is 0.420 e. The average Bonchev–Trinajstić information content (AvgIpc) is 2.37. The van der Waals surface area contributed by atoms with Crippen LogP contribution < -0.4 is 4.74 Å². The summed E-state index contributed by atoms with van der Waals surface area (Å²) in [5.74, 6) is -0.624. The second-order valence-electron chi connectivity index (χ2n) is 4.04. The van der Waals surface area contributed by atoms with Gasteiger partial charge >= 0.3 is 12.4 Å². The van der Waals surface area contributed by atoms with E-state index in [2.05, 4.69) is 6.07 Å². The van der Waals surface area contributed by atoms with Crippen LogP contribution in [0.1, 0.15) is 11.1 Å². The fraction of sp³-hybridized carbons (Fsp3) is 0.143. The topological polar surface area (TPSA) is 9.23 Å². The third kappa shape index (κ3) is 3.68. The van der Waals surface area contributed by atoms with Crippen molar-refractivity contribution >= 4 is 0 Å². The molecular formula is C14H7F6O. The summed E-state index contributed by atoms with van der Waals surface area (Å²) in [5.41, 5.74) is -1.96. The zero-order valence-corrected chi connectivity index (χ0v) is 10.2. The van der Waals surface area contributed by atoms with Crippen LogP contribution in [0.25, 0.3) is 0 Å². The van der Waals surface area contributed by atoms with E-state index < -0.39 is 29.2 Å². The zero-order chi connectivity index (χ0) is 15.7. The van der Waals surface area contributed by atoms with Crippen LogP contribution in [0, 0.1) is 6.07 Å². The van der Waals surface area contributed by atoms with E-state index in [1.165, 1.54) is 6.07 Å². The van der Waals surface area contributed by atoms with Crippen LogP contribution in [0.15, 0.2) is 42.5 Å². The third-order valence-electron chi connectivity index (χ3n) is 2.54. The standard InChI is InChI=1S/C14H7F6O/c15-13(16,17)9-5-7-10(8-6-9)21-12-4-2-1-3-11(12)14(18,19)20/h2-8H. The number of hydrogen-bond acceptors (Lipinski definition) is 1. The molecule has 2 rings (SSSR count). The quantitative estimate of drug-likeness (QED) is 0.683. The molecule has 0 spiro atoms. The van der Waals surface area contributed by atoms with Gasteiger partial charge in [-0.15, -0.1) is 0 Å². The van der Waals surface area contributed by atoms with Crippen molar-refractivity contribution in [1.82, 2.24) is 0 Å². The molecule has 0 unspecified atom stereocenters. The number of halogens is 6. The second kappa shape index (κ2) is 5.31. The Bertz CT molecular complexity index is 613. The molecule has 0 aromatic heterocycles. The van der Waals surface area contributed by atoms with Crippen molar-refractivity contribution < 1.29 is 31.1 Å². The van der Waals surface area contributed by atoms with Gasteiger partial charge in [0.2, 0.25) is 0 Å². The summed E-state index contributed by atoms with van der Waals surface area (Å²) in [6.45, 7) is 0. The molecule has 0 atom stereocenters. The lowest BCUT2D eigenvalue weighted by Crippen LogP contribution is -2.07. The van der Waals surface area contributed by atoms with Crippen LogP contribution in [-0.2, 0) is 12.4 Å². The lowest BCUT2D eigenvalue weighted by atomic mass is 10.2. The summed E-state index contributed by atoms with van der Waals surface area (Å²) in [6, 6.07) is 8.62. The molecule has 0 heterocycles. The van der Waals surface area contributed by atoms with Crippen molar-refractivity contribution in [2.24, 2.45) is 0 Å². The van der Waals surface area contributed by atoms with E-state index in [0.29, 0.717) is 6.07 Å². The largest absolute Gasteiger partial charge is 0.457 e. The molecule has 1 nitrogen and oxygen atoms in total. The molecule has 7 heteroatoms. The van der Waals surface area contributed by atoms with Gasteiger partial charge in [0.05, 0.1) is 11.1 Å². The van der Waals surface area contributed by atoms with Crippen molar-refractivity contribution in [1.29, 1.82) is 0 Å². The zero-order valence-electron chi connectivity index (χ0n) is 10.2. The van der Waals surface area contributed by atoms with E-state index in [4.69, 9.17) is 4.74 Å². The van der Waals surface area contributed by atoms with Crippen molar-refractivity contribution in [3.05, 3.63) is 59.7 Å². The first kappa shape index (κ1) is 15.2. The molecule has 0 bridgehead atoms. The molecule has 0 aliphatic carbocycles. The number of benzene rings is 2. The summed E-state index contributed by atoms with van der Waals surface area (Å²) in [5, 5.41) is 0. The minimum absolute atomic E-state index is 0.125. The Kier molecular flexibility index (Phi) is 3.85. The Hall–Kier alpha value is -2.18. The van der Waals surface area contributed by atoms with Crippen LogP contribution in [0.5, 0.6) is 11.5 Å². The van der Waals surface area contributed by atoms with Gasteiger partial charge in [-0.3, -0.25) is 0 Å². The summed E-state index contributed by atoms with van der Waals surface area (Å²) in [4.78, 5) is 0. The molecule has 2 aromatic carbocycles. The van der Waals surface area contributed by atoms with Gasteiger partial charge in [0.25, 0.3) is 0 Å². The number of ether oxygens (including phenoxy) is 1. The number of hydrogen-bond donors (Lipinski definition) is 0. The van der Waals surface area contributed by atoms with Crippen LogP contribution in [-0.4, -0.2) is 0 Å². The normalized spacial score (nSPS) is 12.3. The molecule has 0 N–H and O–H groups in total. The highest BCUT2D eigenvalue weighted by Gasteiger charge is 2.34. The van der Waals surface area contributed by atoms with Gasteiger partial charge in [-0.05, 0) is 42.5 Å². The molecule has 1 radical (unpaired) electrons. The summed E-state index contributed by atoms with van der Waals surface area (Å²) in [7, 11) is 0. The van der Waals surface area contributed by atoms with Crippen LogP contribution in [0.4, 0.5) is 26.3 Å². The predicted molar refractivity (Wildman–Crippen MR) is 61.8 cm³/mol. The predicted octanol–water partition coefficient (Wildman–Crippen LogP) is 5.32. The van der Waals surface area contributed by atoms with Crippen LogP contribution in [0.3, 0.4) is 0 Å². The minimum atomic E-state index is -4.64. The van der Waals surface area contributed by atoms with E-state index in [9.17, 15) is 26.3 Å². The number of alkyl halides is 6. The van der Waals surface area contributed by atoms with E-state index in [1.54, 1.807) is 0 Å². The van der Waals surface area contributed by atoms with Gasteiger partial charge in [0.15, 0.2) is 0 Å². The molecule has 0 aliphatic heterocycles. The molecule has 0 fully saturated rings. The first-order chi connectivity index (χ1) is 9.68. The van der Waals surface area contributed by atoms with Gasteiger partial charge < -0.3 is 4.74 Å². The molecule has 0 amide bonds. The Morgan fingerprint density at radius 2 is 1.43 bits per heavy atom. The number of rotatable bonds is 2. The molecule has 0 saturated heterocycles. The first-order valence-corrected chi connectivity index (χ1v) is 5.60. The highest BCUT2D eigenvalue weighted by Crippen LogP contribution is 2.38. The SMILES string of the molecule is FC(F)(F)c1ccc(Oc2cc[c]cc2C(F)(F)F)cc1. The van der Waals surface area contributed by atoms with E-state index in [0.717, 1.165) is 30.3 Å². The maximum Gasteiger partial charge on any atom is 0.420 e. The third-order valence-corrected chi connectivity index (χ3v) is 2.54. The lowest BCUT2D eigenvalue weighted by molar-refractivity contribution is -0.138. The van der Waals surface area contributed by atoms with Crippen molar-refractivity contribution in [2.75, 3.05) is 0 Å². The monoisotopic (exact) mass is 305 g/mol.